The van der Waals surface area contributed by atoms with Crippen molar-refractivity contribution in [3.63, 3.8) is 0 Å². The van der Waals surface area contributed by atoms with Crippen LogP contribution in [0.15, 0.2) is 97.2 Å². The van der Waals surface area contributed by atoms with Crippen LogP contribution in [-0.4, -0.2) is 85.1 Å². The number of ether oxygens (including phenoxy) is 1. The van der Waals surface area contributed by atoms with Gasteiger partial charge in [-0.3, -0.25) is 24.6 Å². The van der Waals surface area contributed by atoms with Crippen molar-refractivity contribution in [3.8, 4) is 11.5 Å². The number of rotatable bonds is 4. The zero-order valence-electron chi connectivity index (χ0n) is 32.9. The molecule has 10 rings (SSSR count). The smallest absolute Gasteiger partial charge is 0.251 e. The molecule has 1 spiro atoms. The van der Waals surface area contributed by atoms with Crippen molar-refractivity contribution in [2.24, 2.45) is 11.3 Å². The minimum Gasteiger partial charge on any atom is -0.508 e. The first-order valence-electron chi connectivity index (χ1n) is 20.6. The van der Waals surface area contributed by atoms with Gasteiger partial charge in [-0.05, 0) is 104 Å². The Labute approximate surface area is 336 Å². The number of hydrogen-bond donors (Lipinski definition) is 3. The van der Waals surface area contributed by atoms with Gasteiger partial charge in [-0.25, -0.2) is 4.98 Å². The number of phenols is 1. The van der Waals surface area contributed by atoms with Gasteiger partial charge in [-0.15, -0.1) is 0 Å². The zero-order chi connectivity index (χ0) is 39.5. The maximum Gasteiger partial charge on any atom is 0.251 e. The quantitative estimate of drug-likeness (QED) is 0.203. The topological polar surface area (TPSA) is 127 Å². The molecule has 3 saturated heterocycles. The van der Waals surface area contributed by atoms with E-state index in [1.165, 1.54) is 43.5 Å². The van der Waals surface area contributed by atoms with Crippen LogP contribution in [0.1, 0.15) is 72.9 Å². The summed E-state index contributed by atoms with van der Waals surface area (Å²) in [5.74, 6) is 2.93. The molecule has 0 radical (unpaired) electrons. The van der Waals surface area contributed by atoms with Gasteiger partial charge in [-0.2, -0.15) is 0 Å². The van der Waals surface area contributed by atoms with Gasteiger partial charge in [0, 0.05) is 88.7 Å². The number of nitrogens with zero attached hydrogens (tertiary/aromatic N) is 4. The molecule has 4 fully saturated rings. The van der Waals surface area contributed by atoms with Crippen molar-refractivity contribution >= 4 is 29.2 Å². The molecule has 11 heteroatoms. The fourth-order valence-electron chi connectivity index (χ4n) is 8.83. The molecular formula is C46H56N6O5. The van der Waals surface area contributed by atoms with Crippen molar-refractivity contribution < 1.29 is 24.2 Å². The highest BCUT2D eigenvalue weighted by molar-refractivity contribution is 5.98. The monoisotopic (exact) mass is 772 g/mol. The summed E-state index contributed by atoms with van der Waals surface area (Å²) in [6.07, 6.45) is 11.2. The summed E-state index contributed by atoms with van der Waals surface area (Å²) in [5.41, 5.74) is 5.06. The van der Waals surface area contributed by atoms with Crippen LogP contribution < -0.4 is 25.2 Å². The number of carbonyl (C=O) groups is 3. The Hall–Kier alpha value is -5.42. The van der Waals surface area contributed by atoms with Crippen LogP contribution in [0.5, 0.6) is 11.5 Å². The second-order valence-electron chi connectivity index (χ2n) is 16.0. The number of benzene rings is 3. The van der Waals surface area contributed by atoms with E-state index < -0.39 is 0 Å². The van der Waals surface area contributed by atoms with E-state index in [9.17, 15) is 14.4 Å². The Morgan fingerprint density at radius 3 is 2.11 bits per heavy atom. The minimum absolute atomic E-state index is 0.0667. The lowest BCUT2D eigenvalue weighted by Gasteiger charge is -2.54. The summed E-state index contributed by atoms with van der Waals surface area (Å²) in [4.78, 5) is 44.6. The Bertz CT molecular complexity index is 1890. The number of carbonyl (C=O) groups excluding carboxylic acids is 3. The summed E-state index contributed by atoms with van der Waals surface area (Å²) in [6, 6.07) is 29.8. The molecule has 1 saturated carbocycles. The maximum absolute atomic E-state index is 11.8. The van der Waals surface area contributed by atoms with E-state index in [2.05, 4.69) is 54.6 Å². The molecule has 3 amide bonds. The third-order valence-electron chi connectivity index (χ3n) is 11.9. The van der Waals surface area contributed by atoms with Crippen LogP contribution in [0.4, 0.5) is 11.5 Å². The first-order valence-corrected chi connectivity index (χ1v) is 20.6. The summed E-state index contributed by atoms with van der Waals surface area (Å²) in [5, 5.41) is 14.2. The number of aromatic hydroxyl groups is 1. The number of phenolic OH excluding ortho intramolecular Hbond substituents is 1. The third-order valence-corrected chi connectivity index (χ3v) is 11.9. The average Bonchev–Trinajstić information content (AvgIpc) is 3.62. The highest BCUT2D eigenvalue weighted by atomic mass is 16.5. The van der Waals surface area contributed by atoms with E-state index in [1.54, 1.807) is 12.1 Å². The van der Waals surface area contributed by atoms with E-state index in [4.69, 9.17) is 9.84 Å². The number of imide groups is 1. The summed E-state index contributed by atoms with van der Waals surface area (Å²) >= 11 is 0. The van der Waals surface area contributed by atoms with Gasteiger partial charge in [0.05, 0.1) is 6.61 Å². The van der Waals surface area contributed by atoms with E-state index in [0.29, 0.717) is 31.2 Å². The molecule has 1 aromatic heterocycles. The van der Waals surface area contributed by atoms with E-state index in [-0.39, 0.29) is 23.5 Å². The number of anilines is 2. The predicted molar refractivity (Wildman–Crippen MR) is 222 cm³/mol. The lowest BCUT2D eigenvalue weighted by atomic mass is 9.57. The van der Waals surface area contributed by atoms with Gasteiger partial charge in [0.1, 0.15) is 17.3 Å². The molecule has 57 heavy (non-hydrogen) atoms. The molecule has 0 atom stereocenters. The Morgan fingerprint density at radius 2 is 1.46 bits per heavy atom. The van der Waals surface area contributed by atoms with Crippen LogP contribution >= 0.6 is 0 Å². The zero-order valence-corrected chi connectivity index (χ0v) is 32.9. The molecule has 300 valence electrons. The highest BCUT2D eigenvalue weighted by Crippen LogP contribution is 2.53. The van der Waals surface area contributed by atoms with Crippen LogP contribution in [0.2, 0.25) is 0 Å². The molecule has 1 aliphatic carbocycles. The summed E-state index contributed by atoms with van der Waals surface area (Å²) in [6.45, 7) is 9.47. The van der Waals surface area contributed by atoms with Crippen molar-refractivity contribution in [2.75, 3.05) is 62.2 Å². The second kappa shape index (κ2) is 19.1. The molecule has 6 aliphatic rings. The number of nitrogens with one attached hydrogen (secondary N) is 2. The first-order chi connectivity index (χ1) is 27.8. The van der Waals surface area contributed by atoms with Gasteiger partial charge < -0.3 is 25.0 Å². The molecule has 0 bridgehead atoms. The number of fused-ring (bicyclic) bond motifs is 2. The largest absolute Gasteiger partial charge is 0.508 e. The fraction of sp³-hybridized carbons (Fsp3) is 0.435. The number of pyridine rings is 1. The van der Waals surface area contributed by atoms with Gasteiger partial charge >= 0.3 is 0 Å². The number of aromatic nitrogens is 1. The lowest BCUT2D eigenvalue weighted by molar-refractivity contribution is -0.132. The molecule has 0 unspecified atom stereocenters. The van der Waals surface area contributed by atoms with Gasteiger partial charge in [-0.1, -0.05) is 48.5 Å². The predicted octanol–water partition coefficient (Wildman–Crippen LogP) is 6.36. The molecule has 6 heterocycles. The molecule has 3 aromatic carbocycles. The van der Waals surface area contributed by atoms with Crippen LogP contribution in [-0.2, 0) is 22.6 Å². The number of piperidine rings is 2. The molecule has 4 aromatic rings. The standard InChI is InChI=1S/C26H33N5O.C9H10O2.C6H6.C5H7NO2/c32-25-23-5-4-22(15-21(23)18-28-25)30-13-11-29(12-14-30)19-20-16-26(17-20)6-9-31(10-7-26)24-3-1-2-8-27-24;10-8-4-3-7-2-1-5-11-9(7)6-8;1-2-4-6-5-3-1;7-4-2-1-3-5(8)6-4/h1-5,8,15,20H,6-7,9-14,16-19H2,(H,28,32);3-4,6,10H,1-2,5H2;1-6H;1-3H2,(H,6,7,8). The second-order valence-corrected chi connectivity index (χ2v) is 16.0. The minimum atomic E-state index is -0.138. The number of aryl methyl sites for hydroxylation is 1. The number of piperazine rings is 1. The van der Waals surface area contributed by atoms with E-state index in [0.717, 1.165) is 87.3 Å². The van der Waals surface area contributed by atoms with Crippen molar-refractivity contribution in [2.45, 2.75) is 64.3 Å². The first kappa shape index (κ1) is 39.8. The lowest BCUT2D eigenvalue weighted by Crippen LogP contribution is -2.53. The van der Waals surface area contributed by atoms with Crippen LogP contribution in [0.25, 0.3) is 0 Å². The van der Waals surface area contributed by atoms with E-state index in [1.807, 2.05) is 60.8 Å². The van der Waals surface area contributed by atoms with Gasteiger partial charge in [0.15, 0.2) is 0 Å². The third kappa shape index (κ3) is 10.9. The molecule has 11 nitrogen and oxygen atoms in total. The normalized spacial score (nSPS) is 19.7. The van der Waals surface area contributed by atoms with Crippen LogP contribution in [0, 0.1) is 11.3 Å². The van der Waals surface area contributed by atoms with Gasteiger partial charge in [0.25, 0.3) is 5.91 Å². The van der Waals surface area contributed by atoms with E-state index >= 15 is 0 Å². The fourth-order valence-corrected chi connectivity index (χ4v) is 8.83. The van der Waals surface area contributed by atoms with Crippen molar-refractivity contribution in [1.82, 2.24) is 20.5 Å². The average molecular weight is 773 g/mol. The van der Waals surface area contributed by atoms with Crippen LogP contribution in [0.3, 0.4) is 0 Å². The molecule has 5 aliphatic heterocycles. The maximum atomic E-state index is 11.8. The Kier molecular flexibility index (Phi) is 13.4. The number of hydrogen-bond acceptors (Lipinski definition) is 9. The molecular weight excluding hydrogens is 717 g/mol. The highest BCUT2D eigenvalue weighted by Gasteiger charge is 2.46. The molecule has 3 N–H and O–H groups in total. The summed E-state index contributed by atoms with van der Waals surface area (Å²) in [7, 11) is 0. The summed E-state index contributed by atoms with van der Waals surface area (Å²) < 4.78 is 5.34. The SMILES string of the molecule is O=C1CCCC(=O)N1.O=C1NCc2cc(N3CCN(CC4CC5(CCN(c6ccccn6)CC5)C4)CC3)ccc21.Oc1ccc2c(c1)OCCC2.c1ccccc1. The van der Waals surface area contributed by atoms with Crippen molar-refractivity contribution in [3.05, 3.63) is 114 Å². The van der Waals surface area contributed by atoms with Gasteiger partial charge in [0.2, 0.25) is 11.8 Å². The number of amides is 3. The van der Waals surface area contributed by atoms with Crippen molar-refractivity contribution in [1.29, 1.82) is 0 Å². The Balaban J connectivity index is 0.000000159. The Morgan fingerprint density at radius 1 is 0.737 bits per heavy atom.